The second-order valence-corrected chi connectivity index (χ2v) is 8.50. The average Bonchev–Trinajstić information content (AvgIpc) is 3.06. The van der Waals surface area contributed by atoms with E-state index in [0.29, 0.717) is 11.4 Å². The van der Waals surface area contributed by atoms with Crippen LogP contribution in [-0.2, 0) is 10.0 Å². The molecule has 23 heavy (non-hydrogen) atoms. The van der Waals surface area contributed by atoms with Crippen molar-refractivity contribution in [2.45, 2.75) is 17.2 Å². The zero-order valence-electron chi connectivity index (χ0n) is 13.1. The van der Waals surface area contributed by atoms with Gasteiger partial charge in [0.1, 0.15) is 5.75 Å². The second kappa shape index (κ2) is 6.55. The molecule has 1 aliphatic rings. The molecular formula is C17H19NO3S2. The largest absolute Gasteiger partial charge is 0.497 e. The molecule has 2 aromatic rings. The Bertz CT molecular complexity index is 770. The second-order valence-electron chi connectivity index (χ2n) is 5.43. The Morgan fingerprint density at radius 2 is 1.74 bits per heavy atom. The molecular weight excluding hydrogens is 330 g/mol. The topological polar surface area (TPSA) is 46.6 Å². The number of hydrogen-bond donors (Lipinski definition) is 0. The Hall–Kier alpha value is -1.50. The van der Waals surface area contributed by atoms with Crippen LogP contribution in [0.5, 0.6) is 5.75 Å². The first-order valence-electron chi connectivity index (χ1n) is 7.36. The lowest BCUT2D eigenvalue weighted by Crippen LogP contribution is -2.30. The van der Waals surface area contributed by atoms with Gasteiger partial charge in [-0.1, -0.05) is 29.8 Å². The van der Waals surface area contributed by atoms with Gasteiger partial charge in [0.2, 0.25) is 10.0 Å². The summed E-state index contributed by atoms with van der Waals surface area (Å²) in [6.07, 6.45) is 0. The van der Waals surface area contributed by atoms with Crippen molar-refractivity contribution in [3.8, 4) is 5.75 Å². The summed E-state index contributed by atoms with van der Waals surface area (Å²) >= 11 is 1.65. The maximum Gasteiger partial charge on any atom is 0.244 e. The summed E-state index contributed by atoms with van der Waals surface area (Å²) < 4.78 is 32.6. The van der Waals surface area contributed by atoms with Crippen LogP contribution in [0.1, 0.15) is 16.5 Å². The fourth-order valence-corrected chi connectivity index (χ4v) is 5.82. The third-order valence-corrected chi connectivity index (χ3v) is 7.15. The summed E-state index contributed by atoms with van der Waals surface area (Å²) in [4.78, 5) is 0.351. The Balaban J connectivity index is 1.92. The van der Waals surface area contributed by atoms with Gasteiger partial charge in [0.15, 0.2) is 0 Å². The van der Waals surface area contributed by atoms with Crippen LogP contribution in [0.25, 0.3) is 0 Å². The number of aryl methyl sites for hydroxylation is 1. The highest BCUT2D eigenvalue weighted by molar-refractivity contribution is 8.01. The standard InChI is InChI=1S/C17H19NO3S2/c1-13-3-9-16(10-4-13)23(19,20)18-11-12-22-17(18)14-5-7-15(21-2)8-6-14/h3-10,17H,11-12H2,1-2H3/t17-/m1/s1. The summed E-state index contributed by atoms with van der Waals surface area (Å²) in [5, 5.41) is -0.188. The molecule has 2 aromatic carbocycles. The van der Waals surface area contributed by atoms with Crippen molar-refractivity contribution in [2.75, 3.05) is 19.4 Å². The zero-order valence-corrected chi connectivity index (χ0v) is 14.7. The predicted octanol–water partition coefficient (Wildman–Crippen LogP) is 3.44. The normalized spacial score (nSPS) is 19.0. The quantitative estimate of drug-likeness (QED) is 0.848. The molecule has 0 aromatic heterocycles. The highest BCUT2D eigenvalue weighted by Crippen LogP contribution is 2.41. The minimum atomic E-state index is -3.49. The Morgan fingerprint density at radius 1 is 1.09 bits per heavy atom. The van der Waals surface area contributed by atoms with E-state index >= 15 is 0 Å². The van der Waals surface area contributed by atoms with Crippen LogP contribution in [-0.4, -0.2) is 32.1 Å². The third kappa shape index (κ3) is 3.24. The lowest BCUT2D eigenvalue weighted by molar-refractivity contribution is 0.413. The van der Waals surface area contributed by atoms with Crippen molar-refractivity contribution in [3.05, 3.63) is 59.7 Å². The molecule has 1 atom stereocenters. The van der Waals surface area contributed by atoms with Crippen molar-refractivity contribution in [2.24, 2.45) is 0 Å². The number of ether oxygens (including phenoxy) is 1. The van der Waals surface area contributed by atoms with Gasteiger partial charge in [-0.3, -0.25) is 0 Å². The van der Waals surface area contributed by atoms with Crippen LogP contribution in [0.3, 0.4) is 0 Å². The van der Waals surface area contributed by atoms with Crippen LogP contribution in [0.4, 0.5) is 0 Å². The van der Waals surface area contributed by atoms with Crippen molar-refractivity contribution >= 4 is 21.8 Å². The fourth-order valence-electron chi connectivity index (χ4n) is 2.58. The molecule has 1 saturated heterocycles. The monoisotopic (exact) mass is 349 g/mol. The Labute approximate surface area is 141 Å². The fraction of sp³-hybridized carbons (Fsp3) is 0.294. The molecule has 0 radical (unpaired) electrons. The molecule has 0 spiro atoms. The van der Waals surface area contributed by atoms with E-state index in [4.69, 9.17) is 4.74 Å². The minimum absolute atomic E-state index is 0.188. The number of sulfonamides is 1. The number of rotatable bonds is 4. The summed E-state index contributed by atoms with van der Waals surface area (Å²) in [6.45, 7) is 2.47. The van der Waals surface area contributed by atoms with E-state index < -0.39 is 10.0 Å². The van der Waals surface area contributed by atoms with E-state index in [1.165, 1.54) is 0 Å². The average molecular weight is 349 g/mol. The summed E-state index contributed by atoms with van der Waals surface area (Å²) in [6, 6.07) is 14.6. The molecule has 0 aliphatic carbocycles. The van der Waals surface area contributed by atoms with E-state index in [9.17, 15) is 8.42 Å². The molecule has 0 bridgehead atoms. The first-order valence-corrected chi connectivity index (χ1v) is 9.85. The number of methoxy groups -OCH3 is 1. The number of thioether (sulfide) groups is 1. The van der Waals surface area contributed by atoms with Gasteiger partial charge < -0.3 is 4.74 Å². The molecule has 0 N–H and O–H groups in total. The smallest absolute Gasteiger partial charge is 0.244 e. The molecule has 122 valence electrons. The van der Waals surface area contributed by atoms with Gasteiger partial charge in [0.25, 0.3) is 0 Å². The molecule has 0 saturated carbocycles. The van der Waals surface area contributed by atoms with Crippen LogP contribution in [0.2, 0.25) is 0 Å². The van der Waals surface area contributed by atoms with Gasteiger partial charge in [-0.05, 0) is 36.8 Å². The van der Waals surface area contributed by atoms with E-state index in [-0.39, 0.29) is 5.37 Å². The number of hydrogen-bond acceptors (Lipinski definition) is 4. The van der Waals surface area contributed by atoms with Crippen LogP contribution in [0, 0.1) is 6.92 Å². The van der Waals surface area contributed by atoms with Crippen molar-refractivity contribution in [1.29, 1.82) is 0 Å². The van der Waals surface area contributed by atoms with Crippen LogP contribution >= 0.6 is 11.8 Å². The first kappa shape index (κ1) is 16.4. The van der Waals surface area contributed by atoms with E-state index in [1.807, 2.05) is 43.3 Å². The van der Waals surface area contributed by atoms with Gasteiger partial charge in [-0.15, -0.1) is 11.8 Å². The molecule has 4 nitrogen and oxygen atoms in total. The van der Waals surface area contributed by atoms with Crippen LogP contribution in [0.15, 0.2) is 53.4 Å². The number of benzene rings is 2. The molecule has 1 aliphatic heterocycles. The van der Waals surface area contributed by atoms with Gasteiger partial charge in [-0.2, -0.15) is 4.31 Å². The maximum absolute atomic E-state index is 12.9. The van der Waals surface area contributed by atoms with Gasteiger partial charge in [0.05, 0.1) is 17.4 Å². The highest BCUT2D eigenvalue weighted by Gasteiger charge is 2.36. The van der Waals surface area contributed by atoms with E-state index in [1.54, 1.807) is 35.3 Å². The molecule has 1 fully saturated rings. The maximum atomic E-state index is 12.9. The molecule has 0 amide bonds. The molecule has 6 heteroatoms. The summed E-state index contributed by atoms with van der Waals surface area (Å²) in [5.74, 6) is 1.56. The summed E-state index contributed by atoms with van der Waals surface area (Å²) in [5.41, 5.74) is 2.02. The van der Waals surface area contributed by atoms with Crippen LogP contribution < -0.4 is 4.74 Å². The Morgan fingerprint density at radius 3 is 2.35 bits per heavy atom. The zero-order chi connectivity index (χ0) is 16.4. The van der Waals surface area contributed by atoms with Crippen molar-refractivity contribution in [1.82, 2.24) is 4.31 Å². The number of nitrogens with zero attached hydrogens (tertiary/aromatic N) is 1. The van der Waals surface area contributed by atoms with Crippen molar-refractivity contribution < 1.29 is 13.2 Å². The SMILES string of the molecule is COc1ccc([C@H]2SCCN2S(=O)(=O)c2ccc(C)cc2)cc1. The lowest BCUT2D eigenvalue weighted by atomic mass is 10.2. The minimum Gasteiger partial charge on any atom is -0.497 e. The van der Waals surface area contributed by atoms with E-state index in [2.05, 4.69) is 0 Å². The predicted molar refractivity (Wildman–Crippen MR) is 93.3 cm³/mol. The summed E-state index contributed by atoms with van der Waals surface area (Å²) in [7, 11) is -1.87. The lowest BCUT2D eigenvalue weighted by Gasteiger charge is -2.23. The Kier molecular flexibility index (Phi) is 4.66. The third-order valence-electron chi connectivity index (χ3n) is 3.88. The van der Waals surface area contributed by atoms with E-state index in [0.717, 1.165) is 22.6 Å². The van der Waals surface area contributed by atoms with Crippen molar-refractivity contribution in [3.63, 3.8) is 0 Å². The first-order chi connectivity index (χ1) is 11.0. The molecule has 3 rings (SSSR count). The molecule has 1 heterocycles. The van der Waals surface area contributed by atoms with Gasteiger partial charge in [0, 0.05) is 12.3 Å². The van der Waals surface area contributed by atoms with Gasteiger partial charge >= 0.3 is 0 Å². The molecule has 0 unspecified atom stereocenters. The van der Waals surface area contributed by atoms with Gasteiger partial charge in [-0.25, -0.2) is 8.42 Å². The highest BCUT2D eigenvalue weighted by atomic mass is 32.2.